The summed E-state index contributed by atoms with van der Waals surface area (Å²) < 4.78 is 29.7. The lowest BCUT2D eigenvalue weighted by Crippen LogP contribution is -2.12. The van der Waals surface area contributed by atoms with Gasteiger partial charge in [0.25, 0.3) is 0 Å². The minimum atomic E-state index is -0.533. The molecule has 0 aromatic heterocycles. The van der Waals surface area contributed by atoms with Crippen LogP contribution in [0.4, 0.5) is 4.39 Å². The molecule has 4 nitrogen and oxygen atoms in total. The zero-order valence-electron chi connectivity index (χ0n) is 12.1. The summed E-state index contributed by atoms with van der Waals surface area (Å²) >= 11 is 3.15. The van der Waals surface area contributed by atoms with E-state index in [1.165, 1.54) is 26.4 Å². The van der Waals surface area contributed by atoms with E-state index in [1.807, 2.05) is 0 Å². The number of hydrogen-bond donors (Lipinski definition) is 0. The third kappa shape index (κ3) is 3.76. The predicted octanol–water partition coefficient (Wildman–Crippen LogP) is 3.87. The molecule has 0 aliphatic rings. The van der Waals surface area contributed by atoms with E-state index in [4.69, 9.17) is 14.2 Å². The Labute approximate surface area is 135 Å². The van der Waals surface area contributed by atoms with Crippen molar-refractivity contribution in [3.63, 3.8) is 0 Å². The van der Waals surface area contributed by atoms with E-state index in [0.29, 0.717) is 21.5 Å². The quantitative estimate of drug-likeness (QED) is 0.726. The summed E-state index contributed by atoms with van der Waals surface area (Å²) in [6.45, 7) is -0.270. The summed E-state index contributed by atoms with van der Waals surface area (Å²) in [5.41, 5.74) is 0.398. The Bertz CT molecular complexity index is 688. The highest BCUT2D eigenvalue weighted by Gasteiger charge is 2.13. The van der Waals surface area contributed by atoms with Crippen LogP contribution in [-0.2, 0) is 0 Å². The molecule has 2 rings (SSSR count). The Kier molecular flexibility index (Phi) is 5.38. The first kappa shape index (κ1) is 16.3. The van der Waals surface area contributed by atoms with Gasteiger partial charge in [-0.25, -0.2) is 4.39 Å². The molecule has 0 heterocycles. The molecule has 0 amide bonds. The highest BCUT2D eigenvalue weighted by molar-refractivity contribution is 9.10. The number of methoxy groups -OCH3 is 2. The van der Waals surface area contributed by atoms with Gasteiger partial charge >= 0.3 is 0 Å². The van der Waals surface area contributed by atoms with Gasteiger partial charge in [0, 0.05) is 10.0 Å². The monoisotopic (exact) mass is 368 g/mol. The fraction of sp³-hybridized carbons (Fsp3) is 0.188. The van der Waals surface area contributed by atoms with Crippen LogP contribution in [0, 0.1) is 5.82 Å². The highest BCUT2D eigenvalue weighted by Crippen LogP contribution is 2.28. The number of hydrogen-bond acceptors (Lipinski definition) is 4. The lowest BCUT2D eigenvalue weighted by Gasteiger charge is -2.10. The van der Waals surface area contributed by atoms with Crippen molar-refractivity contribution in [1.29, 1.82) is 0 Å². The molecule has 6 heteroatoms. The van der Waals surface area contributed by atoms with Crippen molar-refractivity contribution in [3.05, 3.63) is 52.3 Å². The van der Waals surface area contributed by atoms with Crippen LogP contribution in [0.1, 0.15) is 10.4 Å². The Morgan fingerprint density at radius 3 is 2.36 bits per heavy atom. The number of benzene rings is 2. The van der Waals surface area contributed by atoms with Gasteiger partial charge in [-0.1, -0.05) is 15.9 Å². The maximum Gasteiger partial charge on any atom is 0.200 e. The highest BCUT2D eigenvalue weighted by atomic mass is 79.9. The molecule has 116 valence electrons. The number of ketones is 1. The van der Waals surface area contributed by atoms with Crippen molar-refractivity contribution in [2.24, 2.45) is 0 Å². The lowest BCUT2D eigenvalue weighted by molar-refractivity contribution is 0.0918. The molecule has 0 spiro atoms. The first-order valence-corrected chi connectivity index (χ1v) is 7.17. The Hall–Kier alpha value is -2.08. The van der Waals surface area contributed by atoms with Crippen LogP contribution in [0.3, 0.4) is 0 Å². The molecular weight excluding hydrogens is 355 g/mol. The molecule has 0 atom stereocenters. The van der Waals surface area contributed by atoms with Crippen LogP contribution >= 0.6 is 15.9 Å². The van der Waals surface area contributed by atoms with Gasteiger partial charge in [-0.2, -0.15) is 0 Å². The molecule has 2 aromatic carbocycles. The number of Topliss-reactive ketones (excluding diaryl/α,β-unsaturated/α-hetero) is 1. The van der Waals surface area contributed by atoms with E-state index in [1.54, 1.807) is 24.3 Å². The molecule has 0 radical (unpaired) electrons. The van der Waals surface area contributed by atoms with Crippen molar-refractivity contribution >= 4 is 21.7 Å². The summed E-state index contributed by atoms with van der Waals surface area (Å²) in [7, 11) is 3.00. The van der Waals surface area contributed by atoms with Crippen LogP contribution < -0.4 is 14.2 Å². The number of halogens is 2. The van der Waals surface area contributed by atoms with Crippen LogP contribution in [0.5, 0.6) is 17.2 Å². The van der Waals surface area contributed by atoms with Crippen molar-refractivity contribution in [3.8, 4) is 17.2 Å². The maximum absolute atomic E-state index is 13.6. The van der Waals surface area contributed by atoms with Gasteiger partial charge in [-0.05, 0) is 36.4 Å². The van der Waals surface area contributed by atoms with Gasteiger partial charge in [-0.15, -0.1) is 0 Å². The van der Waals surface area contributed by atoms with Gasteiger partial charge in [-0.3, -0.25) is 4.79 Å². The van der Waals surface area contributed by atoms with Gasteiger partial charge < -0.3 is 14.2 Å². The Morgan fingerprint density at radius 1 is 1.05 bits per heavy atom. The molecule has 0 N–H and O–H groups in total. The zero-order chi connectivity index (χ0) is 16.1. The van der Waals surface area contributed by atoms with Gasteiger partial charge in [0.1, 0.15) is 0 Å². The van der Waals surface area contributed by atoms with Crippen molar-refractivity contribution < 1.29 is 23.4 Å². The fourth-order valence-corrected chi connectivity index (χ4v) is 2.16. The molecule has 0 bridgehead atoms. The fourth-order valence-electron chi connectivity index (χ4n) is 1.83. The molecule has 0 saturated heterocycles. The average molecular weight is 369 g/mol. The minimum Gasteiger partial charge on any atom is -0.493 e. The van der Waals surface area contributed by atoms with Crippen LogP contribution in [0.15, 0.2) is 40.9 Å². The Balaban J connectivity index is 2.09. The third-order valence-electron chi connectivity index (χ3n) is 2.96. The standard InChI is InChI=1S/C16H14BrFO4/c1-20-15-5-3-10(7-16(15)21-2)13(19)9-22-14-6-4-11(17)8-12(14)18/h3-8H,9H2,1-2H3. The number of carbonyl (C=O) groups excluding carboxylic acids is 1. The van der Waals surface area contributed by atoms with Crippen LogP contribution in [0.25, 0.3) is 0 Å². The number of rotatable bonds is 6. The molecular formula is C16H14BrFO4. The topological polar surface area (TPSA) is 44.8 Å². The predicted molar refractivity (Wildman–Crippen MR) is 83.5 cm³/mol. The Morgan fingerprint density at radius 2 is 1.73 bits per heavy atom. The smallest absolute Gasteiger partial charge is 0.200 e. The van der Waals surface area contributed by atoms with Crippen molar-refractivity contribution in [2.45, 2.75) is 0 Å². The SMILES string of the molecule is COc1ccc(C(=O)COc2ccc(Br)cc2F)cc1OC. The van der Waals surface area contributed by atoms with Gasteiger partial charge in [0.05, 0.1) is 14.2 Å². The van der Waals surface area contributed by atoms with E-state index >= 15 is 0 Å². The van der Waals surface area contributed by atoms with Crippen LogP contribution in [-0.4, -0.2) is 26.6 Å². The van der Waals surface area contributed by atoms with Gasteiger partial charge in [0.15, 0.2) is 35.5 Å². The average Bonchev–Trinajstić information content (AvgIpc) is 2.53. The van der Waals surface area contributed by atoms with Gasteiger partial charge in [0.2, 0.25) is 0 Å². The van der Waals surface area contributed by atoms with E-state index < -0.39 is 5.82 Å². The largest absolute Gasteiger partial charge is 0.493 e. The second kappa shape index (κ2) is 7.26. The molecule has 0 aliphatic carbocycles. The first-order valence-electron chi connectivity index (χ1n) is 6.38. The van der Waals surface area contributed by atoms with Crippen molar-refractivity contribution in [2.75, 3.05) is 20.8 Å². The third-order valence-corrected chi connectivity index (χ3v) is 3.45. The van der Waals surface area contributed by atoms with E-state index in [0.717, 1.165) is 0 Å². The molecule has 22 heavy (non-hydrogen) atoms. The van der Waals surface area contributed by atoms with Crippen LogP contribution in [0.2, 0.25) is 0 Å². The normalized spacial score (nSPS) is 10.2. The molecule has 0 unspecified atom stereocenters. The van der Waals surface area contributed by atoms with Crippen molar-refractivity contribution in [1.82, 2.24) is 0 Å². The summed E-state index contributed by atoms with van der Waals surface area (Å²) in [6, 6.07) is 9.16. The first-order chi connectivity index (χ1) is 10.5. The second-order valence-electron chi connectivity index (χ2n) is 4.36. The summed E-state index contributed by atoms with van der Waals surface area (Å²) in [5.74, 6) is 0.178. The minimum absolute atomic E-state index is 0.0250. The number of carbonyl (C=O) groups is 1. The summed E-state index contributed by atoms with van der Waals surface area (Å²) in [5, 5.41) is 0. The molecule has 0 fully saturated rings. The van der Waals surface area contributed by atoms with E-state index in [-0.39, 0.29) is 18.1 Å². The maximum atomic E-state index is 13.6. The zero-order valence-corrected chi connectivity index (χ0v) is 13.6. The molecule has 2 aromatic rings. The molecule has 0 aliphatic heterocycles. The lowest BCUT2D eigenvalue weighted by atomic mass is 10.1. The van der Waals surface area contributed by atoms with E-state index in [9.17, 15) is 9.18 Å². The summed E-state index contributed by atoms with van der Waals surface area (Å²) in [6.07, 6.45) is 0. The molecule has 0 saturated carbocycles. The van der Waals surface area contributed by atoms with E-state index in [2.05, 4.69) is 15.9 Å². The number of ether oxygens (including phenoxy) is 3. The summed E-state index contributed by atoms with van der Waals surface area (Å²) in [4.78, 5) is 12.1. The second-order valence-corrected chi connectivity index (χ2v) is 5.27.